The summed E-state index contributed by atoms with van der Waals surface area (Å²) in [5.41, 5.74) is 9.08. The molecule has 3 atom stereocenters. The van der Waals surface area contributed by atoms with Crippen molar-refractivity contribution >= 4 is 0 Å². The predicted molar refractivity (Wildman–Crippen MR) is 65.4 cm³/mol. The minimum atomic E-state index is 0.814. The van der Waals surface area contributed by atoms with Crippen LogP contribution in [-0.4, -0.2) is 0 Å². The quantitative estimate of drug-likeness (QED) is 0.694. The van der Waals surface area contributed by atoms with Crippen LogP contribution in [0.25, 0.3) is 0 Å². The van der Waals surface area contributed by atoms with E-state index in [-0.39, 0.29) is 0 Å². The van der Waals surface area contributed by atoms with Gasteiger partial charge in [0.2, 0.25) is 0 Å². The largest absolute Gasteiger partial charge is 0.402 e. The summed E-state index contributed by atoms with van der Waals surface area (Å²) in [6.07, 6.45) is 9.34. The molecule has 0 aromatic carbocycles. The minimum Gasteiger partial charge on any atom is -0.402 e. The molecule has 2 aliphatic carbocycles. The molecule has 15 heavy (non-hydrogen) atoms. The third-order valence-corrected chi connectivity index (χ3v) is 4.46. The van der Waals surface area contributed by atoms with E-state index in [1.54, 1.807) is 5.57 Å². The molecule has 1 heteroatoms. The van der Waals surface area contributed by atoms with Gasteiger partial charge in [-0.2, -0.15) is 0 Å². The molecular formula is C14H25N. The van der Waals surface area contributed by atoms with Crippen molar-refractivity contribution in [2.75, 3.05) is 0 Å². The first-order valence-electron chi connectivity index (χ1n) is 6.66. The fraction of sp³-hybridized carbons (Fsp3) is 0.857. The maximum absolute atomic E-state index is 6.20. The molecule has 86 valence electrons. The van der Waals surface area contributed by atoms with Gasteiger partial charge in [0.05, 0.1) is 0 Å². The molecule has 0 aromatic heterocycles. The van der Waals surface area contributed by atoms with Gasteiger partial charge < -0.3 is 5.73 Å². The van der Waals surface area contributed by atoms with E-state index in [2.05, 4.69) is 13.8 Å². The van der Waals surface area contributed by atoms with E-state index in [1.807, 2.05) is 0 Å². The van der Waals surface area contributed by atoms with Crippen molar-refractivity contribution in [3.8, 4) is 0 Å². The molecule has 0 aromatic rings. The second-order valence-corrected chi connectivity index (χ2v) is 5.76. The molecule has 0 radical (unpaired) electrons. The third kappa shape index (κ3) is 2.38. The molecule has 2 rings (SSSR count). The minimum absolute atomic E-state index is 0.814. The van der Waals surface area contributed by atoms with Crippen LogP contribution < -0.4 is 5.73 Å². The van der Waals surface area contributed by atoms with Crippen molar-refractivity contribution < 1.29 is 0 Å². The van der Waals surface area contributed by atoms with Gasteiger partial charge in [0.1, 0.15) is 0 Å². The van der Waals surface area contributed by atoms with Gasteiger partial charge in [-0.15, -0.1) is 0 Å². The van der Waals surface area contributed by atoms with Gasteiger partial charge >= 0.3 is 0 Å². The third-order valence-electron chi connectivity index (χ3n) is 4.46. The standard InChI is InChI=1S/C14H25N/c1-10-7-8-11(2)13(9-10)12-5-3-4-6-14(12)15/h10-11,13H,3-9,15H2,1-2H3/t10-,11?,13?/m0/s1. The Morgan fingerprint density at radius 1 is 1.07 bits per heavy atom. The molecule has 1 fully saturated rings. The molecule has 0 spiro atoms. The Morgan fingerprint density at radius 3 is 2.53 bits per heavy atom. The molecule has 2 aliphatic rings. The summed E-state index contributed by atoms with van der Waals surface area (Å²) in [6, 6.07) is 0. The van der Waals surface area contributed by atoms with Crippen molar-refractivity contribution in [2.24, 2.45) is 23.5 Å². The van der Waals surface area contributed by atoms with Crippen molar-refractivity contribution in [3.05, 3.63) is 11.3 Å². The van der Waals surface area contributed by atoms with Crippen LogP contribution in [0.3, 0.4) is 0 Å². The van der Waals surface area contributed by atoms with Crippen LogP contribution in [0.1, 0.15) is 58.8 Å². The summed E-state index contributed by atoms with van der Waals surface area (Å²) in [7, 11) is 0. The topological polar surface area (TPSA) is 26.0 Å². The molecule has 1 nitrogen and oxygen atoms in total. The molecule has 0 aliphatic heterocycles. The highest BCUT2D eigenvalue weighted by molar-refractivity contribution is 5.18. The first kappa shape index (κ1) is 11.0. The maximum atomic E-state index is 6.20. The van der Waals surface area contributed by atoms with Gasteiger partial charge in [-0.05, 0) is 61.9 Å². The molecule has 0 amide bonds. The monoisotopic (exact) mass is 207 g/mol. The van der Waals surface area contributed by atoms with E-state index >= 15 is 0 Å². The Labute approximate surface area is 94.1 Å². The molecule has 1 saturated carbocycles. The van der Waals surface area contributed by atoms with Crippen LogP contribution in [-0.2, 0) is 0 Å². The van der Waals surface area contributed by atoms with Gasteiger partial charge in [0, 0.05) is 5.70 Å². The second kappa shape index (κ2) is 4.59. The molecule has 2 N–H and O–H groups in total. The van der Waals surface area contributed by atoms with Gasteiger partial charge in [-0.25, -0.2) is 0 Å². The summed E-state index contributed by atoms with van der Waals surface area (Å²) in [4.78, 5) is 0. The first-order chi connectivity index (χ1) is 7.18. The van der Waals surface area contributed by atoms with E-state index in [0.29, 0.717) is 0 Å². The second-order valence-electron chi connectivity index (χ2n) is 5.76. The van der Waals surface area contributed by atoms with Gasteiger partial charge in [-0.1, -0.05) is 20.3 Å². The lowest BCUT2D eigenvalue weighted by Gasteiger charge is -2.36. The highest BCUT2D eigenvalue weighted by Crippen LogP contribution is 2.41. The highest BCUT2D eigenvalue weighted by Gasteiger charge is 2.30. The number of hydrogen-bond acceptors (Lipinski definition) is 1. The lowest BCUT2D eigenvalue weighted by Crippen LogP contribution is -2.26. The van der Waals surface area contributed by atoms with Gasteiger partial charge in [0.25, 0.3) is 0 Å². The lowest BCUT2D eigenvalue weighted by atomic mass is 9.69. The predicted octanol–water partition coefficient (Wildman–Crippen LogP) is 3.85. The van der Waals surface area contributed by atoms with Crippen LogP contribution in [0, 0.1) is 17.8 Å². The highest BCUT2D eigenvalue weighted by atomic mass is 14.6. The summed E-state index contributed by atoms with van der Waals surface area (Å²) >= 11 is 0. The fourth-order valence-corrected chi connectivity index (χ4v) is 3.39. The van der Waals surface area contributed by atoms with Crippen LogP contribution in [0.2, 0.25) is 0 Å². The van der Waals surface area contributed by atoms with Crippen molar-refractivity contribution in [1.29, 1.82) is 0 Å². The van der Waals surface area contributed by atoms with E-state index in [9.17, 15) is 0 Å². The van der Waals surface area contributed by atoms with Crippen molar-refractivity contribution in [3.63, 3.8) is 0 Å². The number of nitrogens with two attached hydrogens (primary N) is 1. The van der Waals surface area contributed by atoms with E-state index in [1.165, 1.54) is 44.2 Å². The number of allylic oxidation sites excluding steroid dienone is 2. The average Bonchev–Trinajstić information content (AvgIpc) is 2.23. The van der Waals surface area contributed by atoms with E-state index in [4.69, 9.17) is 5.73 Å². The van der Waals surface area contributed by atoms with E-state index in [0.717, 1.165) is 24.2 Å². The maximum Gasteiger partial charge on any atom is 0.00753 e. The zero-order chi connectivity index (χ0) is 10.8. The number of hydrogen-bond donors (Lipinski definition) is 1. The van der Waals surface area contributed by atoms with E-state index < -0.39 is 0 Å². The number of rotatable bonds is 1. The smallest absolute Gasteiger partial charge is 0.00753 e. The van der Waals surface area contributed by atoms with Gasteiger partial charge in [0.15, 0.2) is 0 Å². The normalized spacial score (nSPS) is 38.1. The Kier molecular flexibility index (Phi) is 3.38. The van der Waals surface area contributed by atoms with Crippen molar-refractivity contribution in [1.82, 2.24) is 0 Å². The zero-order valence-corrected chi connectivity index (χ0v) is 10.3. The van der Waals surface area contributed by atoms with Gasteiger partial charge in [-0.3, -0.25) is 0 Å². The fourth-order valence-electron chi connectivity index (χ4n) is 3.39. The Balaban J connectivity index is 2.13. The van der Waals surface area contributed by atoms with Crippen LogP contribution in [0.4, 0.5) is 0 Å². The Morgan fingerprint density at radius 2 is 1.80 bits per heavy atom. The SMILES string of the molecule is CC1CC[C@H](C)CC1C1=C(N)CCCC1. The average molecular weight is 207 g/mol. The summed E-state index contributed by atoms with van der Waals surface area (Å²) in [5, 5.41) is 0. The molecular weight excluding hydrogens is 182 g/mol. The Bertz CT molecular complexity index is 254. The molecule has 0 heterocycles. The summed E-state index contributed by atoms with van der Waals surface area (Å²) < 4.78 is 0. The zero-order valence-electron chi connectivity index (χ0n) is 10.3. The molecule has 0 saturated heterocycles. The molecule has 0 bridgehead atoms. The first-order valence-corrected chi connectivity index (χ1v) is 6.66. The molecule has 2 unspecified atom stereocenters. The van der Waals surface area contributed by atoms with Crippen LogP contribution in [0.15, 0.2) is 11.3 Å². The van der Waals surface area contributed by atoms with Crippen LogP contribution in [0.5, 0.6) is 0 Å². The summed E-state index contributed by atoms with van der Waals surface area (Å²) in [5.74, 6) is 2.59. The van der Waals surface area contributed by atoms with Crippen LogP contribution >= 0.6 is 0 Å². The summed E-state index contributed by atoms with van der Waals surface area (Å²) in [6.45, 7) is 4.82. The Hall–Kier alpha value is -0.460. The lowest BCUT2D eigenvalue weighted by molar-refractivity contribution is 0.226. The van der Waals surface area contributed by atoms with Crippen molar-refractivity contribution in [2.45, 2.75) is 58.8 Å².